The highest BCUT2D eigenvalue weighted by molar-refractivity contribution is 5.80. The number of aromatic nitrogens is 1. The van der Waals surface area contributed by atoms with Crippen LogP contribution in [0.4, 0.5) is 0 Å². The normalized spacial score (nSPS) is 14.5. The van der Waals surface area contributed by atoms with Gasteiger partial charge in [-0.2, -0.15) is 0 Å². The lowest BCUT2D eigenvalue weighted by atomic mass is 9.97. The van der Waals surface area contributed by atoms with Crippen molar-refractivity contribution < 1.29 is 9.90 Å². The summed E-state index contributed by atoms with van der Waals surface area (Å²) in [6.45, 7) is 1.49. The van der Waals surface area contributed by atoms with Gasteiger partial charge in [-0.05, 0) is 19.1 Å². The molecule has 1 atom stereocenters. The summed E-state index contributed by atoms with van der Waals surface area (Å²) in [5.74, 6) is -1.02. The van der Waals surface area contributed by atoms with Crippen LogP contribution < -0.4 is 5.73 Å². The molecule has 88 valence electrons. The molecule has 4 heteroatoms. The SMILES string of the molecule is C[C@](N)(Cc1ccc2ccccc2n1)C(=O)O. The van der Waals surface area contributed by atoms with E-state index in [4.69, 9.17) is 10.8 Å². The van der Waals surface area contributed by atoms with Gasteiger partial charge < -0.3 is 10.8 Å². The third kappa shape index (κ3) is 2.42. The smallest absolute Gasteiger partial charge is 0.323 e. The molecule has 0 bridgehead atoms. The second-order valence-corrected chi connectivity index (χ2v) is 4.39. The Kier molecular flexibility index (Phi) is 2.81. The van der Waals surface area contributed by atoms with Gasteiger partial charge in [0.2, 0.25) is 0 Å². The number of fused-ring (bicyclic) bond motifs is 1. The molecule has 1 aromatic carbocycles. The number of nitrogens with two attached hydrogens (primary N) is 1. The summed E-state index contributed by atoms with van der Waals surface area (Å²) in [7, 11) is 0. The summed E-state index contributed by atoms with van der Waals surface area (Å²) in [4.78, 5) is 15.3. The van der Waals surface area contributed by atoms with Crippen molar-refractivity contribution in [2.75, 3.05) is 0 Å². The van der Waals surface area contributed by atoms with E-state index in [-0.39, 0.29) is 6.42 Å². The fourth-order valence-electron chi connectivity index (χ4n) is 1.66. The molecule has 0 aliphatic rings. The molecule has 2 aromatic rings. The number of pyridine rings is 1. The van der Waals surface area contributed by atoms with Gasteiger partial charge in [-0.25, -0.2) is 0 Å². The van der Waals surface area contributed by atoms with Gasteiger partial charge in [-0.15, -0.1) is 0 Å². The van der Waals surface area contributed by atoms with Gasteiger partial charge in [-0.1, -0.05) is 24.3 Å². The monoisotopic (exact) mass is 230 g/mol. The van der Waals surface area contributed by atoms with Gasteiger partial charge >= 0.3 is 5.97 Å². The van der Waals surface area contributed by atoms with Crippen LogP contribution in [0.15, 0.2) is 36.4 Å². The lowest BCUT2D eigenvalue weighted by Crippen LogP contribution is -2.47. The molecule has 1 aromatic heterocycles. The zero-order valence-electron chi connectivity index (χ0n) is 9.55. The van der Waals surface area contributed by atoms with Crippen LogP contribution in [0.25, 0.3) is 10.9 Å². The summed E-state index contributed by atoms with van der Waals surface area (Å²) < 4.78 is 0. The molecule has 3 N–H and O–H groups in total. The molecule has 0 amide bonds. The number of benzene rings is 1. The van der Waals surface area contributed by atoms with Gasteiger partial charge in [0.05, 0.1) is 5.52 Å². The van der Waals surface area contributed by atoms with E-state index in [1.165, 1.54) is 6.92 Å². The number of nitrogens with zero attached hydrogens (tertiary/aromatic N) is 1. The summed E-state index contributed by atoms with van der Waals surface area (Å²) in [5, 5.41) is 10.00. The number of hydrogen-bond donors (Lipinski definition) is 2. The Hall–Kier alpha value is -1.94. The zero-order chi connectivity index (χ0) is 12.5. The molecule has 2 rings (SSSR count). The van der Waals surface area contributed by atoms with Crippen molar-refractivity contribution in [3.63, 3.8) is 0 Å². The minimum absolute atomic E-state index is 0.215. The van der Waals surface area contributed by atoms with E-state index in [0.717, 1.165) is 10.9 Å². The highest BCUT2D eigenvalue weighted by atomic mass is 16.4. The summed E-state index contributed by atoms with van der Waals surface area (Å²) in [5.41, 5.74) is 5.96. The highest BCUT2D eigenvalue weighted by Crippen LogP contribution is 2.15. The van der Waals surface area contributed by atoms with E-state index >= 15 is 0 Å². The average molecular weight is 230 g/mol. The van der Waals surface area contributed by atoms with E-state index in [1.807, 2.05) is 36.4 Å². The molecule has 0 aliphatic carbocycles. The Labute approximate surface area is 99.1 Å². The van der Waals surface area contributed by atoms with Crippen LogP contribution in [0, 0.1) is 0 Å². The number of hydrogen-bond acceptors (Lipinski definition) is 3. The first kappa shape index (κ1) is 11.5. The van der Waals surface area contributed by atoms with Gasteiger partial charge in [0, 0.05) is 17.5 Å². The van der Waals surface area contributed by atoms with Crippen molar-refractivity contribution >= 4 is 16.9 Å². The summed E-state index contributed by atoms with van der Waals surface area (Å²) >= 11 is 0. The Balaban J connectivity index is 2.34. The first-order chi connectivity index (χ1) is 7.99. The fourth-order valence-corrected chi connectivity index (χ4v) is 1.66. The molecule has 0 spiro atoms. The van der Waals surface area contributed by atoms with Crippen LogP contribution >= 0.6 is 0 Å². The Morgan fingerprint density at radius 2 is 2.06 bits per heavy atom. The number of para-hydroxylation sites is 1. The fraction of sp³-hybridized carbons (Fsp3) is 0.231. The predicted octanol–water partition coefficient (Wildman–Crippen LogP) is 1.58. The number of carboxylic acids is 1. The molecule has 0 saturated heterocycles. The third-order valence-corrected chi connectivity index (χ3v) is 2.69. The minimum atomic E-state index is -1.28. The first-order valence-electron chi connectivity index (χ1n) is 5.36. The quantitative estimate of drug-likeness (QED) is 0.839. The molecule has 0 unspecified atom stereocenters. The molecule has 0 saturated carbocycles. The molecule has 17 heavy (non-hydrogen) atoms. The van der Waals surface area contributed by atoms with Crippen LogP contribution in [0.5, 0.6) is 0 Å². The highest BCUT2D eigenvalue weighted by Gasteiger charge is 2.28. The maximum absolute atomic E-state index is 10.9. The predicted molar refractivity (Wildman–Crippen MR) is 65.7 cm³/mol. The van der Waals surface area contributed by atoms with Crippen molar-refractivity contribution in [1.29, 1.82) is 0 Å². The van der Waals surface area contributed by atoms with Crippen LogP contribution in [0.2, 0.25) is 0 Å². The largest absolute Gasteiger partial charge is 0.480 e. The van der Waals surface area contributed by atoms with Crippen LogP contribution in [0.1, 0.15) is 12.6 Å². The van der Waals surface area contributed by atoms with E-state index < -0.39 is 11.5 Å². The Morgan fingerprint density at radius 1 is 1.35 bits per heavy atom. The lowest BCUT2D eigenvalue weighted by molar-refractivity contribution is -0.142. The molecule has 0 fully saturated rings. The number of carbonyl (C=O) groups is 1. The summed E-state index contributed by atoms with van der Waals surface area (Å²) in [6, 6.07) is 11.4. The third-order valence-electron chi connectivity index (χ3n) is 2.69. The second-order valence-electron chi connectivity index (χ2n) is 4.39. The molecule has 1 heterocycles. The first-order valence-corrected chi connectivity index (χ1v) is 5.36. The van der Waals surface area contributed by atoms with Gasteiger partial charge in [0.1, 0.15) is 5.54 Å². The number of rotatable bonds is 3. The van der Waals surface area contributed by atoms with Gasteiger partial charge in [0.25, 0.3) is 0 Å². The topological polar surface area (TPSA) is 76.2 Å². The van der Waals surface area contributed by atoms with Crippen LogP contribution in [0.3, 0.4) is 0 Å². The average Bonchev–Trinajstić information content (AvgIpc) is 2.28. The standard InChI is InChI=1S/C13H14N2O2/c1-13(14,12(16)17)8-10-7-6-9-4-2-3-5-11(9)15-10/h2-7H,8,14H2,1H3,(H,16,17)/t13-/m0/s1. The van der Waals surface area contributed by atoms with Crippen molar-refractivity contribution in [3.8, 4) is 0 Å². The lowest BCUT2D eigenvalue weighted by Gasteiger charge is -2.18. The van der Waals surface area contributed by atoms with Crippen LogP contribution in [-0.4, -0.2) is 21.6 Å². The van der Waals surface area contributed by atoms with Crippen molar-refractivity contribution in [2.45, 2.75) is 18.9 Å². The van der Waals surface area contributed by atoms with E-state index in [0.29, 0.717) is 5.69 Å². The van der Waals surface area contributed by atoms with Crippen molar-refractivity contribution in [1.82, 2.24) is 4.98 Å². The Morgan fingerprint density at radius 3 is 2.76 bits per heavy atom. The number of carboxylic acid groups (broad SMARTS) is 1. The van der Waals surface area contributed by atoms with Gasteiger partial charge in [0.15, 0.2) is 0 Å². The van der Waals surface area contributed by atoms with Gasteiger partial charge in [-0.3, -0.25) is 9.78 Å². The van der Waals surface area contributed by atoms with E-state index in [1.54, 1.807) is 0 Å². The number of aliphatic carboxylic acids is 1. The maximum Gasteiger partial charge on any atom is 0.323 e. The molecular formula is C13H14N2O2. The molecule has 0 radical (unpaired) electrons. The second kappa shape index (κ2) is 4.14. The maximum atomic E-state index is 10.9. The Bertz CT molecular complexity index is 564. The van der Waals surface area contributed by atoms with Crippen molar-refractivity contribution in [3.05, 3.63) is 42.1 Å². The zero-order valence-corrected chi connectivity index (χ0v) is 9.55. The van der Waals surface area contributed by atoms with E-state index in [2.05, 4.69) is 4.98 Å². The van der Waals surface area contributed by atoms with Crippen LogP contribution in [-0.2, 0) is 11.2 Å². The van der Waals surface area contributed by atoms with E-state index in [9.17, 15) is 4.79 Å². The van der Waals surface area contributed by atoms with Crippen molar-refractivity contribution in [2.24, 2.45) is 5.73 Å². The molecule has 0 aliphatic heterocycles. The summed E-state index contributed by atoms with van der Waals surface area (Å²) in [6.07, 6.45) is 0.215. The molecule has 4 nitrogen and oxygen atoms in total. The molecular weight excluding hydrogens is 216 g/mol. The minimum Gasteiger partial charge on any atom is -0.480 e.